The molecule has 1 heterocycles. The van der Waals surface area contributed by atoms with E-state index in [9.17, 15) is 4.79 Å². The summed E-state index contributed by atoms with van der Waals surface area (Å²) in [7, 11) is 0. The number of nitrogens with one attached hydrogen (secondary N) is 1. The van der Waals surface area contributed by atoms with Crippen LogP contribution in [0.25, 0.3) is 17.0 Å². The fraction of sp³-hybridized carbons (Fsp3) is 0. The van der Waals surface area contributed by atoms with Crippen LogP contribution in [0, 0.1) is 0 Å². The van der Waals surface area contributed by atoms with Gasteiger partial charge in [-0.1, -0.05) is 18.2 Å². The molecule has 0 aliphatic carbocycles. The van der Waals surface area contributed by atoms with Crippen LogP contribution in [0.4, 0.5) is 0 Å². The molecule has 2 nitrogen and oxygen atoms in total. The molecular weight excluding hydrogens is 162 g/mol. The molecule has 0 radical (unpaired) electrons. The Morgan fingerprint density at radius 1 is 1.23 bits per heavy atom. The summed E-state index contributed by atoms with van der Waals surface area (Å²) in [5.74, 6) is 0. The van der Waals surface area contributed by atoms with Crippen molar-refractivity contribution < 1.29 is 4.79 Å². The highest BCUT2D eigenvalue weighted by atomic mass is 16.1. The van der Waals surface area contributed by atoms with Crippen molar-refractivity contribution in [2.45, 2.75) is 0 Å². The predicted molar refractivity (Wildman–Crippen MR) is 53.4 cm³/mol. The maximum Gasteiger partial charge on any atom is 0.142 e. The van der Waals surface area contributed by atoms with Gasteiger partial charge in [0.2, 0.25) is 0 Å². The number of carbonyl (C=O) groups is 1. The van der Waals surface area contributed by atoms with Gasteiger partial charge in [-0.25, -0.2) is 0 Å². The van der Waals surface area contributed by atoms with Crippen LogP contribution in [0.3, 0.4) is 0 Å². The SMILES string of the molecule is O=C/C=C/c1c[nH]c2ccccc12. The minimum absolute atomic E-state index is 0.780. The van der Waals surface area contributed by atoms with Crippen LogP contribution < -0.4 is 0 Å². The maximum absolute atomic E-state index is 10.1. The highest BCUT2D eigenvalue weighted by Gasteiger charge is 1.97. The van der Waals surface area contributed by atoms with Crippen molar-refractivity contribution >= 4 is 23.3 Å². The molecule has 0 amide bonds. The van der Waals surface area contributed by atoms with E-state index in [0.29, 0.717) is 0 Å². The van der Waals surface area contributed by atoms with Gasteiger partial charge in [-0.2, -0.15) is 0 Å². The predicted octanol–water partition coefficient (Wildman–Crippen LogP) is 2.38. The number of rotatable bonds is 2. The monoisotopic (exact) mass is 171 g/mol. The largest absolute Gasteiger partial charge is 0.361 e. The van der Waals surface area contributed by atoms with Gasteiger partial charge in [0.05, 0.1) is 0 Å². The summed E-state index contributed by atoms with van der Waals surface area (Å²) >= 11 is 0. The van der Waals surface area contributed by atoms with E-state index < -0.39 is 0 Å². The van der Waals surface area contributed by atoms with Gasteiger partial charge in [0, 0.05) is 17.1 Å². The third-order valence-electron chi connectivity index (χ3n) is 1.98. The third kappa shape index (κ3) is 1.38. The molecule has 0 saturated carbocycles. The first-order valence-electron chi connectivity index (χ1n) is 4.10. The molecule has 64 valence electrons. The van der Waals surface area contributed by atoms with E-state index in [1.807, 2.05) is 30.5 Å². The Bertz CT molecular complexity index is 454. The normalized spacial score (nSPS) is 11.1. The Morgan fingerprint density at radius 2 is 2.08 bits per heavy atom. The average molecular weight is 171 g/mol. The van der Waals surface area contributed by atoms with Gasteiger partial charge < -0.3 is 4.98 Å². The Morgan fingerprint density at radius 3 is 2.92 bits per heavy atom. The maximum atomic E-state index is 10.1. The van der Waals surface area contributed by atoms with E-state index in [4.69, 9.17) is 0 Å². The van der Waals surface area contributed by atoms with E-state index >= 15 is 0 Å². The summed E-state index contributed by atoms with van der Waals surface area (Å²) in [5, 5.41) is 1.14. The quantitative estimate of drug-likeness (QED) is 0.546. The number of allylic oxidation sites excluding steroid dienone is 1. The summed E-state index contributed by atoms with van der Waals surface area (Å²) in [6.07, 6.45) is 5.97. The molecule has 0 aliphatic heterocycles. The van der Waals surface area contributed by atoms with Crippen LogP contribution >= 0.6 is 0 Å². The van der Waals surface area contributed by atoms with Crippen LogP contribution in [-0.2, 0) is 4.79 Å². The summed E-state index contributed by atoms with van der Waals surface area (Å²) < 4.78 is 0. The van der Waals surface area contributed by atoms with E-state index in [1.54, 1.807) is 6.08 Å². The highest BCUT2D eigenvalue weighted by molar-refractivity contribution is 5.90. The van der Waals surface area contributed by atoms with Gasteiger partial charge >= 0.3 is 0 Å². The van der Waals surface area contributed by atoms with Crippen molar-refractivity contribution in [1.82, 2.24) is 4.98 Å². The van der Waals surface area contributed by atoms with Crippen LogP contribution in [0.5, 0.6) is 0 Å². The van der Waals surface area contributed by atoms with E-state index in [-0.39, 0.29) is 0 Å². The minimum Gasteiger partial charge on any atom is -0.361 e. The molecule has 2 rings (SSSR count). The Balaban J connectivity index is 2.57. The smallest absolute Gasteiger partial charge is 0.142 e. The van der Waals surface area contributed by atoms with E-state index in [2.05, 4.69) is 4.98 Å². The standard InChI is InChI=1S/C11H9NO/c13-7-3-4-9-8-12-11-6-2-1-5-10(9)11/h1-8,12H/b4-3+. The molecule has 0 bridgehead atoms. The van der Waals surface area contributed by atoms with Crippen LogP contribution in [0.1, 0.15) is 5.56 Å². The van der Waals surface area contributed by atoms with Crippen LogP contribution in [0.2, 0.25) is 0 Å². The molecule has 1 N–H and O–H groups in total. The summed E-state index contributed by atoms with van der Waals surface area (Å²) in [6, 6.07) is 7.99. The molecule has 0 atom stereocenters. The van der Waals surface area contributed by atoms with Gasteiger partial charge in [-0.3, -0.25) is 4.79 Å². The molecule has 13 heavy (non-hydrogen) atoms. The zero-order valence-corrected chi connectivity index (χ0v) is 7.03. The Labute approximate surface area is 75.9 Å². The van der Waals surface area contributed by atoms with Gasteiger partial charge in [0.25, 0.3) is 0 Å². The number of benzene rings is 1. The van der Waals surface area contributed by atoms with Crippen LogP contribution in [-0.4, -0.2) is 11.3 Å². The van der Waals surface area contributed by atoms with Crippen molar-refractivity contribution in [2.75, 3.05) is 0 Å². The second kappa shape index (κ2) is 3.27. The molecule has 0 saturated heterocycles. The first-order chi connectivity index (χ1) is 6.42. The number of aromatic nitrogens is 1. The molecule has 1 aromatic carbocycles. The number of hydrogen-bond acceptors (Lipinski definition) is 1. The first kappa shape index (κ1) is 7.80. The lowest BCUT2D eigenvalue weighted by Crippen LogP contribution is -1.67. The topological polar surface area (TPSA) is 32.9 Å². The fourth-order valence-electron chi connectivity index (χ4n) is 1.37. The first-order valence-corrected chi connectivity index (χ1v) is 4.10. The van der Waals surface area contributed by atoms with Crippen LogP contribution in [0.15, 0.2) is 36.5 Å². The molecule has 0 spiro atoms. The van der Waals surface area contributed by atoms with Crippen molar-refractivity contribution in [2.24, 2.45) is 0 Å². The minimum atomic E-state index is 0.780. The number of fused-ring (bicyclic) bond motifs is 1. The lowest BCUT2D eigenvalue weighted by atomic mass is 10.2. The van der Waals surface area contributed by atoms with Gasteiger partial charge in [-0.05, 0) is 23.8 Å². The zero-order valence-electron chi connectivity index (χ0n) is 7.03. The van der Waals surface area contributed by atoms with Crippen molar-refractivity contribution in [3.63, 3.8) is 0 Å². The second-order valence-corrected chi connectivity index (χ2v) is 2.78. The number of hydrogen-bond donors (Lipinski definition) is 1. The van der Waals surface area contributed by atoms with E-state index in [0.717, 1.165) is 22.8 Å². The molecule has 0 aliphatic rings. The van der Waals surface area contributed by atoms with E-state index in [1.165, 1.54) is 6.08 Å². The number of aldehydes is 1. The van der Waals surface area contributed by atoms with Crippen molar-refractivity contribution in [3.05, 3.63) is 42.1 Å². The fourth-order valence-corrected chi connectivity index (χ4v) is 1.37. The molecule has 0 fully saturated rings. The molecule has 2 heteroatoms. The summed E-state index contributed by atoms with van der Waals surface area (Å²) in [6.45, 7) is 0. The van der Waals surface area contributed by atoms with Crippen molar-refractivity contribution in [3.8, 4) is 0 Å². The summed E-state index contributed by atoms with van der Waals surface area (Å²) in [5.41, 5.74) is 2.13. The molecule has 0 unspecified atom stereocenters. The molecule has 1 aromatic heterocycles. The third-order valence-corrected chi connectivity index (χ3v) is 1.98. The lowest BCUT2D eigenvalue weighted by molar-refractivity contribution is -0.104. The van der Waals surface area contributed by atoms with Gasteiger partial charge in [0.15, 0.2) is 0 Å². The lowest BCUT2D eigenvalue weighted by Gasteiger charge is -1.88. The number of aromatic amines is 1. The van der Waals surface area contributed by atoms with Gasteiger partial charge in [0.1, 0.15) is 6.29 Å². The number of para-hydroxylation sites is 1. The van der Waals surface area contributed by atoms with Gasteiger partial charge in [-0.15, -0.1) is 0 Å². The zero-order chi connectivity index (χ0) is 9.10. The van der Waals surface area contributed by atoms with Crippen molar-refractivity contribution in [1.29, 1.82) is 0 Å². The average Bonchev–Trinajstić information content (AvgIpc) is 2.58. The Hall–Kier alpha value is -1.83. The summed E-state index contributed by atoms with van der Waals surface area (Å²) in [4.78, 5) is 13.3. The number of carbonyl (C=O) groups excluding carboxylic acids is 1. The number of H-pyrrole nitrogens is 1. The molecular formula is C11H9NO. The molecule has 2 aromatic rings. The second-order valence-electron chi connectivity index (χ2n) is 2.78. The highest BCUT2D eigenvalue weighted by Crippen LogP contribution is 2.18. The Kier molecular flexibility index (Phi) is 1.96.